The molecule has 3 aromatic carbocycles. The number of benzene rings is 3. The maximum atomic E-state index is 14.0. The SMILES string of the molecule is COc1ccc(CCN(Cc2ccccc2)[C@H](c2cc3cccc(C)c3[nH]c2=O)c2nnnn2C2CCCCC2)cc1OC. The summed E-state index contributed by atoms with van der Waals surface area (Å²) in [5.74, 6) is 2.09. The van der Waals surface area contributed by atoms with E-state index in [2.05, 4.69) is 55.7 Å². The van der Waals surface area contributed by atoms with Gasteiger partial charge in [-0.25, -0.2) is 4.68 Å². The van der Waals surface area contributed by atoms with Crippen molar-refractivity contribution in [3.05, 3.63) is 111 Å². The van der Waals surface area contributed by atoms with Crippen LogP contribution in [0.25, 0.3) is 10.9 Å². The van der Waals surface area contributed by atoms with Gasteiger partial charge < -0.3 is 14.5 Å². The van der Waals surface area contributed by atoms with Gasteiger partial charge in [0.1, 0.15) is 6.04 Å². The second kappa shape index (κ2) is 13.4. The van der Waals surface area contributed by atoms with E-state index >= 15 is 0 Å². The molecular weight excluding hydrogens is 552 g/mol. The molecule has 0 aliphatic heterocycles. The Bertz CT molecular complexity index is 1760. The Morgan fingerprint density at radius 3 is 2.50 bits per heavy atom. The highest BCUT2D eigenvalue weighted by molar-refractivity contribution is 5.82. The van der Waals surface area contributed by atoms with Crippen LogP contribution in [0, 0.1) is 6.92 Å². The molecule has 2 aromatic heterocycles. The van der Waals surface area contributed by atoms with Crippen molar-refractivity contribution in [1.82, 2.24) is 30.1 Å². The summed E-state index contributed by atoms with van der Waals surface area (Å²) in [6.45, 7) is 3.28. The molecule has 0 spiro atoms. The Morgan fingerprint density at radius 1 is 0.932 bits per heavy atom. The number of aryl methyl sites for hydroxylation is 1. The zero-order valence-corrected chi connectivity index (χ0v) is 25.7. The smallest absolute Gasteiger partial charge is 0.253 e. The number of nitrogens with zero attached hydrogens (tertiary/aromatic N) is 5. The van der Waals surface area contributed by atoms with Gasteiger partial charge in [-0.05, 0) is 76.9 Å². The van der Waals surface area contributed by atoms with Crippen molar-refractivity contribution in [2.24, 2.45) is 0 Å². The maximum Gasteiger partial charge on any atom is 0.253 e. The highest BCUT2D eigenvalue weighted by atomic mass is 16.5. The number of ether oxygens (including phenoxy) is 2. The Morgan fingerprint density at radius 2 is 1.73 bits per heavy atom. The predicted octanol–water partition coefficient (Wildman–Crippen LogP) is 6.18. The number of aromatic amines is 1. The maximum absolute atomic E-state index is 14.0. The number of para-hydroxylation sites is 1. The molecule has 1 fully saturated rings. The van der Waals surface area contributed by atoms with E-state index < -0.39 is 6.04 Å². The van der Waals surface area contributed by atoms with Crippen LogP contribution in [0.3, 0.4) is 0 Å². The molecule has 6 rings (SSSR count). The van der Waals surface area contributed by atoms with Crippen LogP contribution >= 0.6 is 0 Å². The van der Waals surface area contributed by atoms with Crippen molar-refractivity contribution in [1.29, 1.82) is 0 Å². The first-order valence-corrected chi connectivity index (χ1v) is 15.4. The lowest BCUT2D eigenvalue weighted by molar-refractivity contribution is 0.197. The second-order valence-corrected chi connectivity index (χ2v) is 11.7. The van der Waals surface area contributed by atoms with Gasteiger partial charge in [-0.3, -0.25) is 9.69 Å². The van der Waals surface area contributed by atoms with Crippen molar-refractivity contribution < 1.29 is 9.47 Å². The lowest BCUT2D eigenvalue weighted by Gasteiger charge is -2.33. The number of fused-ring (bicyclic) bond motifs is 1. The van der Waals surface area contributed by atoms with Crippen LogP contribution in [-0.2, 0) is 13.0 Å². The number of tetrazole rings is 1. The molecule has 1 atom stereocenters. The fourth-order valence-corrected chi connectivity index (χ4v) is 6.49. The van der Waals surface area contributed by atoms with Crippen molar-refractivity contribution in [3.63, 3.8) is 0 Å². The first-order valence-electron chi connectivity index (χ1n) is 15.4. The third-order valence-electron chi connectivity index (χ3n) is 8.82. The van der Waals surface area contributed by atoms with E-state index in [1.54, 1.807) is 14.2 Å². The van der Waals surface area contributed by atoms with E-state index in [4.69, 9.17) is 9.47 Å². The van der Waals surface area contributed by atoms with Gasteiger partial charge in [-0.2, -0.15) is 0 Å². The summed E-state index contributed by atoms with van der Waals surface area (Å²) in [6.07, 6.45) is 6.31. The summed E-state index contributed by atoms with van der Waals surface area (Å²) >= 11 is 0. The largest absolute Gasteiger partial charge is 0.493 e. The highest BCUT2D eigenvalue weighted by Gasteiger charge is 2.33. The van der Waals surface area contributed by atoms with Gasteiger partial charge in [-0.15, -0.1) is 5.10 Å². The summed E-state index contributed by atoms with van der Waals surface area (Å²) < 4.78 is 13.1. The van der Waals surface area contributed by atoms with Gasteiger partial charge in [0.2, 0.25) is 0 Å². The normalized spacial score (nSPS) is 14.6. The van der Waals surface area contributed by atoms with Gasteiger partial charge in [-0.1, -0.05) is 73.9 Å². The lowest BCUT2D eigenvalue weighted by atomic mass is 9.94. The fourth-order valence-electron chi connectivity index (χ4n) is 6.49. The van der Waals surface area contributed by atoms with Crippen LogP contribution < -0.4 is 15.0 Å². The topological polar surface area (TPSA) is 98.2 Å². The third kappa shape index (κ3) is 6.24. The molecule has 9 heteroatoms. The minimum absolute atomic E-state index is 0.126. The Balaban J connectivity index is 1.47. The lowest BCUT2D eigenvalue weighted by Crippen LogP contribution is -2.37. The van der Waals surface area contributed by atoms with Crippen LogP contribution in [0.15, 0.2) is 77.6 Å². The highest BCUT2D eigenvalue weighted by Crippen LogP contribution is 2.34. The molecule has 5 aromatic rings. The molecule has 1 saturated carbocycles. The standard InChI is InChI=1S/C35H40N6O3/c1-24-11-10-14-27-22-29(35(42)36-32(24)27)33(34-37-38-39-41(34)28-15-8-5-9-16-28)40(23-26-12-6-4-7-13-26)20-19-25-17-18-30(43-2)31(21-25)44-3/h4,6-7,10-14,17-18,21-22,28,33H,5,8-9,15-16,19-20,23H2,1-3H3,(H,36,42)/t33-/m1/s1. The van der Waals surface area contributed by atoms with Crippen molar-refractivity contribution in [2.45, 2.75) is 64.1 Å². The molecule has 1 aliphatic carbocycles. The van der Waals surface area contributed by atoms with Crippen molar-refractivity contribution in [3.8, 4) is 11.5 Å². The first kappa shape index (κ1) is 29.6. The number of pyridine rings is 1. The first-order chi connectivity index (χ1) is 21.6. The zero-order chi connectivity index (χ0) is 30.5. The predicted molar refractivity (Wildman–Crippen MR) is 171 cm³/mol. The number of hydrogen-bond donors (Lipinski definition) is 1. The molecule has 44 heavy (non-hydrogen) atoms. The quantitative estimate of drug-likeness (QED) is 0.196. The minimum Gasteiger partial charge on any atom is -0.493 e. The second-order valence-electron chi connectivity index (χ2n) is 11.7. The molecule has 0 bridgehead atoms. The van der Waals surface area contributed by atoms with Crippen molar-refractivity contribution in [2.75, 3.05) is 20.8 Å². The summed E-state index contributed by atoms with van der Waals surface area (Å²) in [5, 5.41) is 14.4. The Hall–Kier alpha value is -4.50. The van der Waals surface area contributed by atoms with Gasteiger partial charge >= 0.3 is 0 Å². The van der Waals surface area contributed by atoms with E-state index in [0.717, 1.165) is 59.7 Å². The van der Waals surface area contributed by atoms with Gasteiger partial charge in [0.15, 0.2) is 17.3 Å². The number of nitrogens with one attached hydrogen (secondary N) is 1. The Kier molecular flexibility index (Phi) is 9.02. The summed E-state index contributed by atoms with van der Waals surface area (Å²) in [7, 11) is 3.29. The van der Waals surface area contributed by atoms with Crippen molar-refractivity contribution >= 4 is 10.9 Å². The van der Waals surface area contributed by atoms with Crippen LogP contribution in [0.4, 0.5) is 0 Å². The van der Waals surface area contributed by atoms with Gasteiger partial charge in [0, 0.05) is 18.7 Å². The molecule has 0 unspecified atom stereocenters. The number of rotatable bonds is 11. The number of hydrogen-bond acceptors (Lipinski definition) is 7. The molecule has 1 N–H and O–H groups in total. The molecule has 0 saturated heterocycles. The van der Waals surface area contributed by atoms with Crippen LogP contribution in [0.1, 0.15) is 72.3 Å². The summed E-state index contributed by atoms with van der Waals surface area (Å²) in [5.41, 5.74) is 4.65. The monoisotopic (exact) mass is 592 g/mol. The average Bonchev–Trinajstić information content (AvgIpc) is 3.54. The number of H-pyrrole nitrogens is 1. The zero-order valence-electron chi connectivity index (χ0n) is 25.7. The molecule has 0 radical (unpaired) electrons. The average molecular weight is 593 g/mol. The third-order valence-corrected chi connectivity index (χ3v) is 8.82. The van der Waals surface area contributed by atoms with E-state index in [0.29, 0.717) is 36.0 Å². The fraction of sp³-hybridized carbons (Fsp3) is 0.371. The van der Waals surface area contributed by atoms with Crippen LogP contribution in [0.2, 0.25) is 0 Å². The van der Waals surface area contributed by atoms with Gasteiger partial charge in [0.05, 0.1) is 25.8 Å². The summed E-state index contributed by atoms with van der Waals surface area (Å²) in [6, 6.07) is 24.3. The van der Waals surface area contributed by atoms with E-state index in [-0.39, 0.29) is 11.6 Å². The molecule has 0 amide bonds. The van der Waals surface area contributed by atoms with E-state index in [9.17, 15) is 4.79 Å². The Labute approximate surface area is 257 Å². The number of methoxy groups -OCH3 is 2. The molecule has 9 nitrogen and oxygen atoms in total. The van der Waals surface area contributed by atoms with Crippen LogP contribution in [0.5, 0.6) is 11.5 Å². The molecule has 228 valence electrons. The summed E-state index contributed by atoms with van der Waals surface area (Å²) in [4.78, 5) is 19.5. The van der Waals surface area contributed by atoms with Crippen LogP contribution in [-0.4, -0.2) is 50.9 Å². The minimum atomic E-state index is -0.471. The van der Waals surface area contributed by atoms with Gasteiger partial charge in [0.25, 0.3) is 5.56 Å². The van der Waals surface area contributed by atoms with E-state index in [1.807, 2.05) is 54.1 Å². The molecule has 2 heterocycles. The van der Waals surface area contributed by atoms with E-state index in [1.165, 1.54) is 6.42 Å². The number of aromatic nitrogens is 5. The molecular formula is C35H40N6O3. The molecule has 1 aliphatic rings.